The molecule has 26 heavy (non-hydrogen) atoms. The Kier molecular flexibility index (Phi) is 6.19. The molecule has 0 saturated carbocycles. The topological polar surface area (TPSA) is 78.4 Å². The summed E-state index contributed by atoms with van der Waals surface area (Å²) in [6, 6.07) is -0.343. The van der Waals surface area contributed by atoms with Crippen molar-refractivity contribution >= 4 is 11.8 Å². The predicted molar refractivity (Wildman–Crippen MR) is 98.2 cm³/mol. The fourth-order valence-electron chi connectivity index (χ4n) is 3.85. The molecule has 1 N–H and O–H groups in total. The molecule has 0 aliphatic carbocycles. The van der Waals surface area contributed by atoms with Gasteiger partial charge in [0.05, 0.1) is 24.1 Å². The molecular formula is C19H29N5O2. The van der Waals surface area contributed by atoms with Gasteiger partial charge in [0.25, 0.3) is 0 Å². The van der Waals surface area contributed by atoms with Gasteiger partial charge in [0, 0.05) is 19.7 Å². The van der Waals surface area contributed by atoms with Crippen LogP contribution in [-0.2, 0) is 22.6 Å². The van der Waals surface area contributed by atoms with Crippen LogP contribution in [0.3, 0.4) is 0 Å². The number of nitrogens with one attached hydrogen (secondary N) is 1. The summed E-state index contributed by atoms with van der Waals surface area (Å²) in [5, 5.41) is 2.89. The summed E-state index contributed by atoms with van der Waals surface area (Å²) in [4.78, 5) is 36.9. The van der Waals surface area contributed by atoms with E-state index in [0.717, 1.165) is 43.7 Å². The van der Waals surface area contributed by atoms with E-state index in [9.17, 15) is 9.59 Å². The van der Waals surface area contributed by atoms with Gasteiger partial charge < -0.3 is 15.1 Å². The SMILES string of the molecule is CC(=O)N1CCC[C@@H]1C(=O)NCc1cnc(CC2CCN(C)CC2)cn1. The van der Waals surface area contributed by atoms with Gasteiger partial charge in [0.15, 0.2) is 0 Å². The minimum atomic E-state index is -0.343. The highest BCUT2D eigenvalue weighted by molar-refractivity contribution is 5.87. The zero-order chi connectivity index (χ0) is 18.5. The lowest BCUT2D eigenvalue weighted by atomic mass is 9.92. The summed E-state index contributed by atoms with van der Waals surface area (Å²) < 4.78 is 0. The molecule has 2 aliphatic heterocycles. The van der Waals surface area contributed by atoms with Crippen molar-refractivity contribution in [1.82, 2.24) is 25.1 Å². The molecule has 2 aliphatic rings. The number of hydrogen-bond donors (Lipinski definition) is 1. The summed E-state index contributed by atoms with van der Waals surface area (Å²) in [6.07, 6.45) is 8.59. The van der Waals surface area contributed by atoms with Crippen molar-refractivity contribution in [3.63, 3.8) is 0 Å². The van der Waals surface area contributed by atoms with Crippen molar-refractivity contribution in [2.24, 2.45) is 5.92 Å². The number of aromatic nitrogens is 2. The highest BCUT2D eigenvalue weighted by Gasteiger charge is 2.32. The zero-order valence-electron chi connectivity index (χ0n) is 15.8. The molecule has 1 aromatic heterocycles. The van der Waals surface area contributed by atoms with E-state index in [-0.39, 0.29) is 17.9 Å². The van der Waals surface area contributed by atoms with Gasteiger partial charge >= 0.3 is 0 Å². The lowest BCUT2D eigenvalue weighted by Crippen LogP contribution is -2.45. The lowest BCUT2D eigenvalue weighted by molar-refractivity contribution is -0.136. The van der Waals surface area contributed by atoms with Crippen LogP contribution in [0.25, 0.3) is 0 Å². The van der Waals surface area contributed by atoms with Crippen LogP contribution in [0.4, 0.5) is 0 Å². The van der Waals surface area contributed by atoms with Gasteiger partial charge in [-0.25, -0.2) is 0 Å². The molecule has 2 saturated heterocycles. The second-order valence-electron chi connectivity index (χ2n) is 7.54. The van der Waals surface area contributed by atoms with Gasteiger partial charge in [-0.15, -0.1) is 0 Å². The standard InChI is InChI=1S/C19H29N5O2/c1-14(25)24-7-3-4-18(24)19(26)22-13-17-12-20-16(11-21-17)10-15-5-8-23(2)9-6-15/h11-12,15,18H,3-10,13H2,1-2H3,(H,22,26)/t18-/m1/s1. The summed E-state index contributed by atoms with van der Waals surface area (Å²) >= 11 is 0. The first-order valence-electron chi connectivity index (χ1n) is 9.56. The Morgan fingerprint density at radius 3 is 2.46 bits per heavy atom. The molecule has 3 rings (SSSR count). The van der Waals surface area contributed by atoms with Crippen LogP contribution in [0.2, 0.25) is 0 Å². The molecule has 0 bridgehead atoms. The third kappa shape index (κ3) is 4.78. The summed E-state index contributed by atoms with van der Waals surface area (Å²) in [5.41, 5.74) is 1.77. The molecule has 0 unspecified atom stereocenters. The Morgan fingerprint density at radius 1 is 1.12 bits per heavy atom. The quantitative estimate of drug-likeness (QED) is 0.848. The van der Waals surface area contributed by atoms with Crippen LogP contribution in [0.15, 0.2) is 12.4 Å². The van der Waals surface area contributed by atoms with E-state index in [1.807, 2.05) is 6.20 Å². The Labute approximate surface area is 155 Å². The van der Waals surface area contributed by atoms with Crippen LogP contribution in [0.5, 0.6) is 0 Å². The number of rotatable bonds is 5. The fraction of sp³-hybridized carbons (Fsp3) is 0.684. The maximum Gasteiger partial charge on any atom is 0.243 e. The van der Waals surface area contributed by atoms with E-state index in [0.29, 0.717) is 19.0 Å². The normalized spacial score (nSPS) is 21.8. The first-order valence-corrected chi connectivity index (χ1v) is 9.56. The van der Waals surface area contributed by atoms with Crippen molar-refractivity contribution in [3.8, 4) is 0 Å². The van der Waals surface area contributed by atoms with Crippen molar-refractivity contribution in [2.45, 2.75) is 51.6 Å². The van der Waals surface area contributed by atoms with Crippen LogP contribution in [0.1, 0.15) is 44.0 Å². The van der Waals surface area contributed by atoms with Crippen LogP contribution in [-0.4, -0.2) is 64.3 Å². The zero-order valence-corrected chi connectivity index (χ0v) is 15.8. The number of carbonyl (C=O) groups excluding carboxylic acids is 2. The Morgan fingerprint density at radius 2 is 1.81 bits per heavy atom. The molecule has 2 amide bonds. The largest absolute Gasteiger partial charge is 0.349 e. The first-order chi connectivity index (χ1) is 12.5. The average molecular weight is 359 g/mol. The van der Waals surface area contributed by atoms with Crippen LogP contribution in [0, 0.1) is 5.92 Å². The molecule has 1 atom stereocenters. The molecule has 142 valence electrons. The van der Waals surface area contributed by atoms with Crippen LogP contribution < -0.4 is 5.32 Å². The van der Waals surface area contributed by atoms with Crippen molar-refractivity contribution < 1.29 is 9.59 Å². The van der Waals surface area contributed by atoms with Gasteiger partial charge in [-0.05, 0) is 58.2 Å². The number of amides is 2. The second-order valence-corrected chi connectivity index (χ2v) is 7.54. The molecule has 7 heteroatoms. The molecule has 2 fully saturated rings. The number of hydrogen-bond acceptors (Lipinski definition) is 5. The Bertz CT molecular complexity index is 625. The lowest BCUT2D eigenvalue weighted by Gasteiger charge is -2.28. The highest BCUT2D eigenvalue weighted by Crippen LogP contribution is 2.20. The van der Waals surface area contributed by atoms with Gasteiger partial charge in [0.2, 0.25) is 11.8 Å². The number of likely N-dealkylation sites (tertiary alicyclic amines) is 2. The number of piperidine rings is 1. The van der Waals surface area contributed by atoms with E-state index in [2.05, 4.69) is 27.2 Å². The maximum atomic E-state index is 12.3. The second kappa shape index (κ2) is 8.58. The van der Waals surface area contributed by atoms with E-state index in [4.69, 9.17) is 0 Å². The third-order valence-electron chi connectivity index (χ3n) is 5.50. The summed E-state index contributed by atoms with van der Waals surface area (Å²) in [7, 11) is 2.17. The molecular weight excluding hydrogens is 330 g/mol. The van der Waals surface area contributed by atoms with Crippen molar-refractivity contribution in [3.05, 3.63) is 23.8 Å². The van der Waals surface area contributed by atoms with Crippen LogP contribution >= 0.6 is 0 Å². The van der Waals surface area contributed by atoms with Gasteiger partial charge in [-0.2, -0.15) is 0 Å². The van der Waals surface area contributed by atoms with Gasteiger partial charge in [0.1, 0.15) is 6.04 Å². The summed E-state index contributed by atoms with van der Waals surface area (Å²) in [6.45, 7) is 4.84. The minimum absolute atomic E-state index is 0.0410. The molecule has 0 radical (unpaired) electrons. The molecule has 7 nitrogen and oxygen atoms in total. The Hall–Kier alpha value is -2.02. The smallest absolute Gasteiger partial charge is 0.243 e. The Balaban J connectivity index is 1.47. The molecule has 0 aromatic carbocycles. The van der Waals surface area contributed by atoms with E-state index < -0.39 is 0 Å². The monoisotopic (exact) mass is 359 g/mol. The average Bonchev–Trinajstić information content (AvgIpc) is 3.13. The van der Waals surface area contributed by atoms with Crippen molar-refractivity contribution in [1.29, 1.82) is 0 Å². The summed E-state index contributed by atoms with van der Waals surface area (Å²) in [5.74, 6) is 0.543. The fourth-order valence-corrected chi connectivity index (χ4v) is 3.85. The molecule has 0 spiro atoms. The van der Waals surface area contributed by atoms with E-state index in [1.54, 1.807) is 11.1 Å². The molecule has 1 aromatic rings. The number of carbonyl (C=O) groups is 2. The minimum Gasteiger partial charge on any atom is -0.349 e. The van der Waals surface area contributed by atoms with E-state index in [1.165, 1.54) is 19.8 Å². The maximum absolute atomic E-state index is 12.3. The first kappa shape index (κ1) is 18.8. The predicted octanol–water partition coefficient (Wildman–Crippen LogP) is 0.988. The van der Waals surface area contributed by atoms with Gasteiger partial charge in [-0.3, -0.25) is 19.6 Å². The van der Waals surface area contributed by atoms with E-state index >= 15 is 0 Å². The highest BCUT2D eigenvalue weighted by atomic mass is 16.2. The van der Waals surface area contributed by atoms with Gasteiger partial charge in [-0.1, -0.05) is 0 Å². The molecule has 3 heterocycles. The van der Waals surface area contributed by atoms with Crippen molar-refractivity contribution in [2.75, 3.05) is 26.7 Å². The number of nitrogens with zero attached hydrogens (tertiary/aromatic N) is 4. The third-order valence-corrected chi connectivity index (χ3v) is 5.50.